The van der Waals surface area contributed by atoms with E-state index in [1.807, 2.05) is 0 Å². The highest BCUT2D eigenvalue weighted by molar-refractivity contribution is 6.04. The molecule has 0 heterocycles. The first-order valence-electron chi connectivity index (χ1n) is 2.79. The Morgan fingerprint density at radius 3 is 2.75 bits per heavy atom. The van der Waals surface area contributed by atoms with Crippen LogP contribution in [-0.4, -0.2) is 20.8 Å². The van der Waals surface area contributed by atoms with Crippen LogP contribution in [0.25, 0.3) is 0 Å². The molecule has 0 saturated carbocycles. The van der Waals surface area contributed by atoms with Gasteiger partial charge in [-0.3, -0.25) is 0 Å². The lowest BCUT2D eigenvalue weighted by molar-refractivity contribution is -0.107. The largest absolute Gasteiger partial charge is 0.366 e. The molecule has 44 valence electrons. The van der Waals surface area contributed by atoms with E-state index >= 15 is 0 Å². The van der Waals surface area contributed by atoms with E-state index in [0.29, 0.717) is 6.42 Å². The SMILES string of the molecule is [B]NCCCCC=O. The maximum atomic E-state index is 9.72. The first-order chi connectivity index (χ1) is 3.91. The van der Waals surface area contributed by atoms with Gasteiger partial charge in [-0.1, -0.05) is 0 Å². The molecular formula is C5H10BNO. The average molecular weight is 111 g/mol. The van der Waals surface area contributed by atoms with Gasteiger partial charge in [-0.15, -0.1) is 0 Å². The van der Waals surface area contributed by atoms with Gasteiger partial charge in [-0.25, -0.2) is 0 Å². The number of hydrogen-bond donors (Lipinski definition) is 1. The maximum Gasteiger partial charge on any atom is 0.177 e. The van der Waals surface area contributed by atoms with Gasteiger partial charge in [0.25, 0.3) is 0 Å². The van der Waals surface area contributed by atoms with E-state index in [4.69, 9.17) is 7.98 Å². The lowest BCUT2D eigenvalue weighted by Crippen LogP contribution is -2.09. The number of carbonyl (C=O) groups is 1. The van der Waals surface area contributed by atoms with Crippen LogP contribution >= 0.6 is 0 Å². The van der Waals surface area contributed by atoms with Gasteiger partial charge in [-0.2, -0.15) is 0 Å². The highest BCUT2D eigenvalue weighted by atomic mass is 16.1. The molecule has 0 bridgehead atoms. The number of aldehydes is 1. The fraction of sp³-hybridized carbons (Fsp3) is 0.800. The van der Waals surface area contributed by atoms with Crippen LogP contribution in [0.3, 0.4) is 0 Å². The Labute approximate surface area is 51.1 Å². The third kappa shape index (κ3) is 5.69. The Hall–Kier alpha value is -0.305. The molecule has 8 heavy (non-hydrogen) atoms. The van der Waals surface area contributed by atoms with Crippen molar-refractivity contribution in [2.45, 2.75) is 19.3 Å². The molecule has 0 amide bonds. The number of nitrogens with one attached hydrogen (secondary N) is 1. The van der Waals surface area contributed by atoms with Gasteiger partial charge in [0.05, 0.1) is 0 Å². The Kier molecular flexibility index (Phi) is 6.44. The van der Waals surface area contributed by atoms with E-state index in [0.717, 1.165) is 25.7 Å². The molecule has 0 unspecified atom stereocenters. The van der Waals surface area contributed by atoms with E-state index in [2.05, 4.69) is 5.23 Å². The quantitative estimate of drug-likeness (QED) is 0.308. The number of carbonyl (C=O) groups excluding carboxylic acids is 1. The molecule has 0 aliphatic rings. The number of hydrogen-bond acceptors (Lipinski definition) is 2. The van der Waals surface area contributed by atoms with Crippen LogP contribution < -0.4 is 5.23 Å². The van der Waals surface area contributed by atoms with Gasteiger partial charge >= 0.3 is 0 Å². The van der Waals surface area contributed by atoms with Gasteiger partial charge in [0, 0.05) is 6.42 Å². The highest BCUT2D eigenvalue weighted by Gasteiger charge is 1.82. The third-order valence-electron chi connectivity index (χ3n) is 0.893. The van der Waals surface area contributed by atoms with Crippen molar-refractivity contribution in [3.8, 4) is 0 Å². The fourth-order valence-electron chi connectivity index (χ4n) is 0.455. The van der Waals surface area contributed by atoms with Crippen molar-refractivity contribution in [2.75, 3.05) is 6.54 Å². The fourth-order valence-corrected chi connectivity index (χ4v) is 0.455. The van der Waals surface area contributed by atoms with Crippen molar-refractivity contribution >= 4 is 14.3 Å². The predicted molar refractivity (Wildman–Crippen MR) is 33.7 cm³/mol. The summed E-state index contributed by atoms with van der Waals surface area (Å²) in [6.07, 6.45) is 3.50. The van der Waals surface area contributed by atoms with Gasteiger partial charge in [0.1, 0.15) is 6.29 Å². The topological polar surface area (TPSA) is 29.1 Å². The van der Waals surface area contributed by atoms with Crippen LogP contribution in [0, 0.1) is 0 Å². The summed E-state index contributed by atoms with van der Waals surface area (Å²) < 4.78 is 0. The second-order valence-corrected chi connectivity index (χ2v) is 1.62. The lowest BCUT2D eigenvalue weighted by Gasteiger charge is -1.93. The van der Waals surface area contributed by atoms with Crippen LogP contribution in [0.4, 0.5) is 0 Å². The standard InChI is InChI=1S/C5H10BNO/c6-7-4-2-1-3-5-8/h5,7H,1-4H2. The molecule has 3 heteroatoms. The Balaban J connectivity index is 2.62. The minimum absolute atomic E-state index is 0.654. The Bertz CT molecular complexity index is 58.4. The molecule has 2 radical (unpaired) electrons. The first-order valence-corrected chi connectivity index (χ1v) is 2.79. The summed E-state index contributed by atoms with van der Waals surface area (Å²) in [4.78, 5) is 9.72. The maximum absolute atomic E-state index is 9.72. The van der Waals surface area contributed by atoms with E-state index < -0.39 is 0 Å². The summed E-state index contributed by atoms with van der Waals surface area (Å²) in [7, 11) is 4.97. The van der Waals surface area contributed by atoms with Crippen LogP contribution in [0.1, 0.15) is 19.3 Å². The predicted octanol–water partition coefficient (Wildman–Crippen LogP) is 0.0287. The van der Waals surface area contributed by atoms with Crippen molar-refractivity contribution in [1.82, 2.24) is 5.23 Å². The monoisotopic (exact) mass is 111 g/mol. The summed E-state index contributed by atoms with van der Waals surface area (Å²) >= 11 is 0. The summed E-state index contributed by atoms with van der Waals surface area (Å²) in [5.74, 6) is 0. The van der Waals surface area contributed by atoms with E-state index in [9.17, 15) is 4.79 Å². The van der Waals surface area contributed by atoms with Crippen molar-refractivity contribution in [3.63, 3.8) is 0 Å². The molecule has 0 spiro atoms. The molecule has 0 aromatic rings. The summed E-state index contributed by atoms with van der Waals surface area (Å²) in [5.41, 5.74) is 0. The molecule has 0 aliphatic heterocycles. The van der Waals surface area contributed by atoms with Crippen LogP contribution in [0.15, 0.2) is 0 Å². The molecule has 0 fully saturated rings. The summed E-state index contributed by atoms with van der Waals surface area (Å²) in [5, 5.41) is 2.51. The normalized spacial score (nSPS) is 9.00. The highest BCUT2D eigenvalue weighted by Crippen LogP contribution is 1.88. The minimum Gasteiger partial charge on any atom is -0.366 e. The molecule has 0 saturated heterocycles. The zero-order valence-electron chi connectivity index (χ0n) is 4.89. The molecule has 2 nitrogen and oxygen atoms in total. The van der Waals surface area contributed by atoms with E-state index in [-0.39, 0.29) is 0 Å². The third-order valence-corrected chi connectivity index (χ3v) is 0.893. The van der Waals surface area contributed by atoms with Crippen molar-refractivity contribution in [3.05, 3.63) is 0 Å². The van der Waals surface area contributed by atoms with E-state index in [1.165, 1.54) is 0 Å². The first kappa shape index (κ1) is 7.69. The molecule has 0 aliphatic carbocycles. The van der Waals surface area contributed by atoms with Crippen molar-refractivity contribution in [1.29, 1.82) is 0 Å². The second kappa shape index (κ2) is 6.69. The number of rotatable bonds is 5. The van der Waals surface area contributed by atoms with Crippen LogP contribution in [0.5, 0.6) is 0 Å². The van der Waals surface area contributed by atoms with Gasteiger partial charge in [0.15, 0.2) is 7.98 Å². The molecule has 0 rings (SSSR count). The minimum atomic E-state index is 0.654. The smallest absolute Gasteiger partial charge is 0.177 e. The van der Waals surface area contributed by atoms with E-state index in [1.54, 1.807) is 0 Å². The van der Waals surface area contributed by atoms with Crippen LogP contribution in [-0.2, 0) is 4.79 Å². The summed E-state index contributed by atoms with van der Waals surface area (Å²) in [6, 6.07) is 0. The molecule has 0 aromatic heterocycles. The second-order valence-electron chi connectivity index (χ2n) is 1.62. The van der Waals surface area contributed by atoms with Crippen LogP contribution in [0.2, 0.25) is 0 Å². The molecular weight excluding hydrogens is 101 g/mol. The zero-order chi connectivity index (χ0) is 6.24. The zero-order valence-corrected chi connectivity index (χ0v) is 4.89. The van der Waals surface area contributed by atoms with Crippen molar-refractivity contribution < 1.29 is 4.79 Å². The molecule has 0 atom stereocenters. The lowest BCUT2D eigenvalue weighted by atomic mass is 10.2. The number of unbranched alkanes of at least 4 members (excludes halogenated alkanes) is 2. The Morgan fingerprint density at radius 1 is 1.50 bits per heavy atom. The van der Waals surface area contributed by atoms with Gasteiger partial charge < -0.3 is 10.0 Å². The Morgan fingerprint density at radius 2 is 2.25 bits per heavy atom. The average Bonchev–Trinajstić information content (AvgIpc) is 1.81. The van der Waals surface area contributed by atoms with Gasteiger partial charge in [0.2, 0.25) is 0 Å². The van der Waals surface area contributed by atoms with Crippen molar-refractivity contribution in [2.24, 2.45) is 0 Å². The van der Waals surface area contributed by atoms with Gasteiger partial charge in [-0.05, 0) is 19.4 Å². The molecule has 1 N–H and O–H groups in total. The summed E-state index contributed by atoms with van der Waals surface area (Å²) in [6.45, 7) is 0.799. The molecule has 0 aromatic carbocycles.